The lowest BCUT2D eigenvalue weighted by atomic mass is 10.1. The van der Waals surface area contributed by atoms with Gasteiger partial charge in [-0.3, -0.25) is 9.36 Å². The fraction of sp³-hybridized carbons (Fsp3) is 0. The number of fused-ring (bicyclic) bond motifs is 1. The van der Waals surface area contributed by atoms with E-state index in [2.05, 4.69) is 6.08 Å². The molecule has 0 N–H and O–H groups in total. The van der Waals surface area contributed by atoms with E-state index in [-0.39, 0.29) is 5.91 Å². The van der Waals surface area contributed by atoms with Crippen molar-refractivity contribution in [2.75, 3.05) is 0 Å². The van der Waals surface area contributed by atoms with Gasteiger partial charge >= 0.3 is 0 Å². The van der Waals surface area contributed by atoms with Gasteiger partial charge in [-0.05, 0) is 12.1 Å². The first-order chi connectivity index (χ1) is 8.36. The molecule has 0 unspecified atom stereocenters. The van der Waals surface area contributed by atoms with Crippen molar-refractivity contribution in [1.82, 2.24) is 4.57 Å². The van der Waals surface area contributed by atoms with Crippen molar-refractivity contribution >= 4 is 16.8 Å². The minimum atomic E-state index is -0.0137. The van der Waals surface area contributed by atoms with Crippen LogP contribution in [0.1, 0.15) is 4.79 Å². The molecule has 0 atom stereocenters. The Kier molecular flexibility index (Phi) is 2.21. The van der Waals surface area contributed by atoms with E-state index in [0.29, 0.717) is 5.57 Å². The van der Waals surface area contributed by atoms with Crippen molar-refractivity contribution in [2.45, 2.75) is 0 Å². The molecule has 1 aliphatic carbocycles. The van der Waals surface area contributed by atoms with Crippen LogP contribution in [0.3, 0.4) is 0 Å². The summed E-state index contributed by atoms with van der Waals surface area (Å²) in [7, 11) is 0. The van der Waals surface area contributed by atoms with E-state index in [1.165, 1.54) is 0 Å². The topological polar surface area (TPSA) is 22.0 Å². The second-order valence-electron chi connectivity index (χ2n) is 3.84. The predicted octanol–water partition coefficient (Wildman–Crippen LogP) is 3.14. The Balaban J connectivity index is 2.10. The van der Waals surface area contributed by atoms with Crippen molar-refractivity contribution in [3.63, 3.8) is 0 Å². The molecule has 0 amide bonds. The summed E-state index contributed by atoms with van der Waals surface area (Å²) in [5.41, 5.74) is 1.61. The van der Waals surface area contributed by atoms with Crippen LogP contribution in [0.5, 0.6) is 0 Å². The maximum atomic E-state index is 12.3. The third kappa shape index (κ3) is 1.61. The average Bonchev–Trinajstić information content (AvgIpc) is 2.83. The molecule has 3 rings (SSSR count). The largest absolute Gasteiger partial charge is 0.289 e. The van der Waals surface area contributed by atoms with Gasteiger partial charge in [0.15, 0.2) is 5.57 Å². The SMILES string of the molecule is O=C(C1=CC=[C+]C=C1)n1ccc2ccccc21. The first-order valence-electron chi connectivity index (χ1n) is 5.43. The Bertz CT molecular complexity index is 671. The minimum absolute atomic E-state index is 0.0137. The number of carbonyl (C=O) groups is 1. The number of benzene rings is 1. The van der Waals surface area contributed by atoms with E-state index < -0.39 is 0 Å². The molecule has 17 heavy (non-hydrogen) atoms. The third-order valence-corrected chi connectivity index (χ3v) is 2.78. The van der Waals surface area contributed by atoms with Gasteiger partial charge in [0, 0.05) is 17.7 Å². The standard InChI is InChI=1S/C15H10NO/c17-15(13-7-2-1-3-8-13)16-11-10-12-6-4-5-9-14(12)16/h2-11H/q+1. The van der Waals surface area contributed by atoms with Crippen molar-refractivity contribution in [1.29, 1.82) is 0 Å². The van der Waals surface area contributed by atoms with Crippen LogP contribution in [0.25, 0.3) is 10.9 Å². The molecule has 0 bridgehead atoms. The molecule has 1 aliphatic rings. The molecule has 1 heterocycles. The van der Waals surface area contributed by atoms with Crippen LogP contribution in [0.4, 0.5) is 0 Å². The molecule has 0 saturated carbocycles. The number of rotatable bonds is 1. The Morgan fingerprint density at radius 1 is 1.18 bits per heavy atom. The zero-order valence-corrected chi connectivity index (χ0v) is 9.13. The normalized spacial score (nSPS) is 13.5. The molecule has 0 fully saturated rings. The van der Waals surface area contributed by atoms with Crippen LogP contribution >= 0.6 is 0 Å². The van der Waals surface area contributed by atoms with Crippen LogP contribution in [0.2, 0.25) is 0 Å². The highest BCUT2D eigenvalue weighted by molar-refractivity contribution is 6.03. The van der Waals surface area contributed by atoms with E-state index in [9.17, 15) is 4.79 Å². The average molecular weight is 220 g/mol. The maximum absolute atomic E-state index is 12.3. The van der Waals surface area contributed by atoms with E-state index in [4.69, 9.17) is 0 Å². The molecule has 0 aliphatic heterocycles. The van der Waals surface area contributed by atoms with Gasteiger partial charge in [0.2, 0.25) is 0 Å². The van der Waals surface area contributed by atoms with Gasteiger partial charge in [0.1, 0.15) is 12.2 Å². The second kappa shape index (κ2) is 3.85. The Morgan fingerprint density at radius 2 is 2.06 bits per heavy atom. The number of hydrogen-bond donors (Lipinski definition) is 0. The molecule has 1 aromatic carbocycles. The number of allylic oxidation sites excluding steroid dienone is 6. The molecule has 0 spiro atoms. The highest BCUT2D eigenvalue weighted by Crippen LogP contribution is 2.17. The second-order valence-corrected chi connectivity index (χ2v) is 3.84. The van der Waals surface area contributed by atoms with Crippen LogP contribution in [0, 0.1) is 6.08 Å². The van der Waals surface area contributed by atoms with Gasteiger partial charge in [-0.2, -0.15) is 0 Å². The fourth-order valence-electron chi connectivity index (χ4n) is 1.93. The van der Waals surface area contributed by atoms with E-state index in [1.54, 1.807) is 28.9 Å². The summed E-state index contributed by atoms with van der Waals surface area (Å²) in [5, 5.41) is 1.07. The van der Waals surface area contributed by atoms with Crippen molar-refractivity contribution in [2.24, 2.45) is 0 Å². The van der Waals surface area contributed by atoms with Crippen molar-refractivity contribution in [3.05, 3.63) is 72.5 Å². The van der Waals surface area contributed by atoms with Gasteiger partial charge in [-0.1, -0.05) is 18.2 Å². The number of nitrogens with zero attached hydrogens (tertiary/aromatic N) is 1. The molecular weight excluding hydrogens is 210 g/mol. The summed E-state index contributed by atoms with van der Waals surface area (Å²) >= 11 is 0. The summed E-state index contributed by atoms with van der Waals surface area (Å²) in [6, 6.07) is 9.79. The van der Waals surface area contributed by atoms with Crippen molar-refractivity contribution < 1.29 is 4.79 Å². The van der Waals surface area contributed by atoms with Gasteiger partial charge < -0.3 is 0 Å². The zero-order chi connectivity index (χ0) is 11.7. The summed E-state index contributed by atoms with van der Waals surface area (Å²) in [6.07, 6.45) is 11.8. The third-order valence-electron chi connectivity index (χ3n) is 2.78. The van der Waals surface area contributed by atoms with Crippen molar-refractivity contribution in [3.8, 4) is 0 Å². The quantitative estimate of drug-likeness (QED) is 0.677. The molecule has 2 heteroatoms. The molecule has 0 radical (unpaired) electrons. The van der Waals surface area contributed by atoms with Crippen LogP contribution in [-0.2, 0) is 0 Å². The Hall–Kier alpha value is -2.44. The van der Waals surface area contributed by atoms with E-state index >= 15 is 0 Å². The van der Waals surface area contributed by atoms with E-state index in [1.807, 2.05) is 36.5 Å². The number of carbonyl (C=O) groups excluding carboxylic acids is 1. The fourth-order valence-corrected chi connectivity index (χ4v) is 1.93. The molecular formula is C15H10NO+. The first kappa shape index (κ1) is 9.76. The highest BCUT2D eigenvalue weighted by Gasteiger charge is 2.16. The van der Waals surface area contributed by atoms with Gasteiger partial charge in [-0.15, -0.1) is 0 Å². The lowest BCUT2D eigenvalue weighted by Crippen LogP contribution is -2.11. The number of hydrogen-bond acceptors (Lipinski definition) is 1. The molecule has 80 valence electrons. The molecule has 0 saturated heterocycles. The molecule has 2 nitrogen and oxygen atoms in total. The van der Waals surface area contributed by atoms with Gasteiger partial charge in [0.25, 0.3) is 5.91 Å². The van der Waals surface area contributed by atoms with Gasteiger partial charge in [-0.25, -0.2) is 0 Å². The summed E-state index contributed by atoms with van der Waals surface area (Å²) in [6.45, 7) is 0. The lowest BCUT2D eigenvalue weighted by molar-refractivity contribution is 0.0964. The summed E-state index contributed by atoms with van der Waals surface area (Å²) in [5.74, 6) is -0.0137. The highest BCUT2D eigenvalue weighted by atomic mass is 16.2. The monoisotopic (exact) mass is 220 g/mol. The smallest absolute Gasteiger partial charge is 0.281 e. The summed E-state index contributed by atoms with van der Waals surface area (Å²) < 4.78 is 1.67. The lowest BCUT2D eigenvalue weighted by Gasteiger charge is -2.01. The predicted molar refractivity (Wildman–Crippen MR) is 67.6 cm³/mol. The van der Waals surface area contributed by atoms with Crippen LogP contribution < -0.4 is 0 Å². The van der Waals surface area contributed by atoms with E-state index in [0.717, 1.165) is 10.9 Å². The minimum Gasteiger partial charge on any atom is -0.281 e. The maximum Gasteiger partial charge on any atom is 0.289 e. The summed E-state index contributed by atoms with van der Waals surface area (Å²) in [4.78, 5) is 12.3. The first-order valence-corrected chi connectivity index (χ1v) is 5.43. The Labute approximate surface area is 99.2 Å². The number of aromatic nitrogens is 1. The van der Waals surface area contributed by atoms with Crippen LogP contribution in [0.15, 0.2) is 66.4 Å². The number of para-hydroxylation sites is 1. The molecule has 1 aromatic heterocycles. The Morgan fingerprint density at radius 3 is 2.88 bits per heavy atom. The van der Waals surface area contributed by atoms with Gasteiger partial charge in [0.05, 0.1) is 17.7 Å². The van der Waals surface area contributed by atoms with Crippen LogP contribution in [-0.4, -0.2) is 10.5 Å². The molecule has 2 aromatic rings. The zero-order valence-electron chi connectivity index (χ0n) is 9.13.